The highest BCUT2D eigenvalue weighted by molar-refractivity contribution is 6.49. The first kappa shape index (κ1) is 24.4. The van der Waals surface area contributed by atoms with E-state index in [1.165, 1.54) is 12.3 Å². The van der Waals surface area contributed by atoms with E-state index in [9.17, 15) is 15.0 Å². The lowest BCUT2D eigenvalue weighted by Gasteiger charge is -2.62. The Balaban J connectivity index is 1.47. The molecule has 1 aromatic heterocycles. The number of aliphatic hydroxyl groups is 2. The Hall–Kier alpha value is -0.890. The molecule has 3 saturated carbocycles. The molecule has 35 heavy (non-hydrogen) atoms. The quantitative estimate of drug-likeness (QED) is 0.349. The maximum atomic E-state index is 12.5. The van der Waals surface area contributed by atoms with E-state index in [4.69, 9.17) is 37.1 Å². The Kier molecular flexibility index (Phi) is 5.14. The maximum absolute atomic E-state index is 12.5. The third-order valence-electron chi connectivity index (χ3n) is 10.7. The van der Waals surface area contributed by atoms with Gasteiger partial charge in [-0.05, 0) is 53.7 Å². The van der Waals surface area contributed by atoms with Crippen LogP contribution < -0.4 is 5.63 Å². The zero-order valence-corrected chi connectivity index (χ0v) is 22.1. The van der Waals surface area contributed by atoms with Crippen LogP contribution in [0.4, 0.5) is 0 Å². The fourth-order valence-electron chi connectivity index (χ4n) is 9.29. The van der Waals surface area contributed by atoms with E-state index < -0.39 is 32.3 Å². The molecule has 0 radical (unpaired) electrons. The third kappa shape index (κ3) is 2.85. The molecule has 1 aliphatic heterocycles. The molecule has 0 amide bonds. The van der Waals surface area contributed by atoms with Crippen LogP contribution in [0.5, 0.6) is 0 Å². The topological polar surface area (TPSA) is 92.4 Å². The zero-order valence-electron chi connectivity index (χ0n) is 20.6. The number of epoxide rings is 1. The molecule has 6 rings (SSSR count). The van der Waals surface area contributed by atoms with Crippen molar-refractivity contribution in [1.29, 1.82) is 0 Å². The van der Waals surface area contributed by atoms with E-state index in [2.05, 4.69) is 19.9 Å². The van der Waals surface area contributed by atoms with Gasteiger partial charge in [0.1, 0.15) is 10.4 Å². The highest BCUT2D eigenvalue weighted by atomic mass is 35.5. The summed E-state index contributed by atoms with van der Waals surface area (Å²) < 4.78 is 16.1. The minimum Gasteiger partial charge on any atom is -0.431 e. The SMILES string of the molecule is CO[C@H]1[C@H]2O[C@H]2[C@]2(CO)C3CC[C@]4(C)[C@@H](c5ccc(=O)oc5)C(Cl)(Cl)C[C@]4(O)C3=CCC2C1(C)C. The molecule has 1 saturated heterocycles. The number of fused-ring (bicyclic) bond motifs is 7. The first-order valence-electron chi connectivity index (χ1n) is 12.6. The fourth-order valence-corrected chi connectivity index (χ4v) is 10.4. The van der Waals surface area contributed by atoms with Gasteiger partial charge in [0.05, 0.1) is 30.7 Å². The number of hydrogen-bond donors (Lipinski definition) is 2. The molecule has 1 aromatic rings. The Morgan fingerprint density at radius 3 is 2.60 bits per heavy atom. The minimum absolute atomic E-state index is 0.00629. The van der Waals surface area contributed by atoms with Crippen molar-refractivity contribution in [3.63, 3.8) is 0 Å². The van der Waals surface area contributed by atoms with Gasteiger partial charge in [-0.3, -0.25) is 0 Å². The lowest BCUT2D eigenvalue weighted by molar-refractivity contribution is -0.157. The zero-order chi connectivity index (χ0) is 25.2. The molecular formula is C27H34Cl2O6. The van der Waals surface area contributed by atoms with Crippen LogP contribution in [0, 0.1) is 28.1 Å². The molecule has 4 fully saturated rings. The maximum Gasteiger partial charge on any atom is 0.335 e. The number of alkyl halides is 2. The number of methoxy groups -OCH3 is 1. The molecule has 4 aliphatic carbocycles. The van der Waals surface area contributed by atoms with Crippen molar-refractivity contribution in [2.24, 2.45) is 28.1 Å². The fraction of sp³-hybridized carbons (Fsp3) is 0.741. The molecular weight excluding hydrogens is 491 g/mol. The Morgan fingerprint density at radius 2 is 1.97 bits per heavy atom. The average Bonchev–Trinajstić information content (AvgIpc) is 3.54. The second-order valence-corrected chi connectivity index (χ2v) is 13.9. The van der Waals surface area contributed by atoms with Gasteiger partial charge in [0.2, 0.25) is 0 Å². The van der Waals surface area contributed by atoms with Gasteiger partial charge in [0.15, 0.2) is 0 Å². The van der Waals surface area contributed by atoms with E-state index in [-0.39, 0.29) is 48.6 Å². The summed E-state index contributed by atoms with van der Waals surface area (Å²) >= 11 is 14.0. The largest absolute Gasteiger partial charge is 0.431 e. The molecule has 192 valence electrons. The van der Waals surface area contributed by atoms with Gasteiger partial charge in [0.25, 0.3) is 0 Å². The number of allylic oxidation sites excluding steroid dienone is 1. The van der Waals surface area contributed by atoms with Gasteiger partial charge in [-0.15, -0.1) is 23.2 Å². The number of ether oxygens (including phenoxy) is 2. The minimum atomic E-state index is -1.26. The van der Waals surface area contributed by atoms with Crippen molar-refractivity contribution in [3.8, 4) is 0 Å². The van der Waals surface area contributed by atoms with Gasteiger partial charge in [-0.2, -0.15) is 0 Å². The third-order valence-corrected chi connectivity index (χ3v) is 11.4. The summed E-state index contributed by atoms with van der Waals surface area (Å²) in [7, 11) is 1.74. The number of hydrogen-bond acceptors (Lipinski definition) is 6. The van der Waals surface area contributed by atoms with Crippen LogP contribution in [-0.2, 0) is 9.47 Å². The highest BCUT2D eigenvalue weighted by Crippen LogP contribution is 2.75. The van der Waals surface area contributed by atoms with E-state index >= 15 is 0 Å². The molecule has 8 heteroatoms. The summed E-state index contributed by atoms with van der Waals surface area (Å²) in [6.07, 6.45) is 5.74. The molecule has 5 aliphatic rings. The second kappa shape index (κ2) is 7.36. The molecule has 0 aromatic carbocycles. The summed E-state index contributed by atoms with van der Waals surface area (Å²) in [6, 6.07) is 3.08. The van der Waals surface area contributed by atoms with Crippen LogP contribution in [0.1, 0.15) is 57.9 Å². The summed E-state index contributed by atoms with van der Waals surface area (Å²) in [5, 5.41) is 23.6. The van der Waals surface area contributed by atoms with E-state index in [1.807, 2.05) is 6.92 Å². The molecule has 9 atom stereocenters. The first-order valence-corrected chi connectivity index (χ1v) is 13.3. The van der Waals surface area contributed by atoms with Gasteiger partial charge >= 0.3 is 5.63 Å². The molecule has 0 spiro atoms. The van der Waals surface area contributed by atoms with E-state index in [0.717, 1.165) is 12.0 Å². The van der Waals surface area contributed by atoms with Gasteiger partial charge in [-0.25, -0.2) is 4.79 Å². The van der Waals surface area contributed by atoms with Crippen LogP contribution in [0.3, 0.4) is 0 Å². The monoisotopic (exact) mass is 524 g/mol. The lowest BCUT2D eigenvalue weighted by Crippen LogP contribution is -2.65. The Morgan fingerprint density at radius 1 is 1.23 bits per heavy atom. The van der Waals surface area contributed by atoms with Gasteiger partial charge in [0, 0.05) is 36.3 Å². The van der Waals surface area contributed by atoms with Crippen molar-refractivity contribution in [2.45, 2.75) is 80.6 Å². The molecule has 2 unspecified atom stereocenters. The number of rotatable bonds is 3. The predicted molar refractivity (Wildman–Crippen MR) is 132 cm³/mol. The average molecular weight is 525 g/mol. The molecule has 2 heterocycles. The van der Waals surface area contributed by atoms with Gasteiger partial charge < -0.3 is 24.1 Å². The summed E-state index contributed by atoms with van der Waals surface area (Å²) in [6.45, 7) is 6.47. The van der Waals surface area contributed by atoms with Crippen molar-refractivity contribution in [1.82, 2.24) is 0 Å². The molecule has 0 bridgehead atoms. The smallest absolute Gasteiger partial charge is 0.335 e. The number of halogens is 2. The normalized spacial score (nSPS) is 48.7. The summed E-state index contributed by atoms with van der Waals surface area (Å²) in [4.78, 5) is 11.6. The summed E-state index contributed by atoms with van der Waals surface area (Å²) in [5.74, 6) is -0.330. The van der Waals surface area contributed by atoms with Crippen LogP contribution in [0.25, 0.3) is 0 Å². The van der Waals surface area contributed by atoms with E-state index in [1.54, 1.807) is 13.2 Å². The summed E-state index contributed by atoms with van der Waals surface area (Å²) in [5.41, 5.74) is -1.43. The van der Waals surface area contributed by atoms with Crippen LogP contribution >= 0.6 is 23.2 Å². The molecule has 2 N–H and O–H groups in total. The van der Waals surface area contributed by atoms with Crippen LogP contribution in [0.2, 0.25) is 0 Å². The standard InChI is InChI=1S/C27H34Cl2O6/c1-23(2)17-7-6-16-15(25(17,13-30)22-19(35-22)21(23)33-4)9-10-24(3)20(14-5-8-18(31)34-11-14)27(28,29)12-26(16,24)32/h5-6,8,11,15,17,19-22,30,32H,7,9-10,12-13H2,1-4H3/t15?,17?,19-,20-,21+,22-,24-,25-,26+/m1/s1. The van der Waals surface area contributed by atoms with Gasteiger partial charge in [-0.1, -0.05) is 26.8 Å². The van der Waals surface area contributed by atoms with Crippen molar-refractivity contribution in [2.75, 3.05) is 13.7 Å². The van der Waals surface area contributed by atoms with Crippen molar-refractivity contribution >= 4 is 23.2 Å². The van der Waals surface area contributed by atoms with Crippen molar-refractivity contribution < 1.29 is 24.1 Å². The van der Waals surface area contributed by atoms with E-state index in [0.29, 0.717) is 18.4 Å². The van der Waals surface area contributed by atoms with Crippen LogP contribution in [0.15, 0.2) is 39.3 Å². The first-order chi connectivity index (χ1) is 16.4. The Bertz CT molecular complexity index is 1120. The number of aliphatic hydroxyl groups excluding tert-OH is 1. The Labute approximate surface area is 215 Å². The molecule has 6 nitrogen and oxygen atoms in total. The van der Waals surface area contributed by atoms with Crippen molar-refractivity contribution in [3.05, 3.63) is 46.0 Å². The predicted octanol–water partition coefficient (Wildman–Crippen LogP) is 4.20. The second-order valence-electron chi connectivity index (χ2n) is 12.3. The van der Waals surface area contributed by atoms with Crippen LogP contribution in [-0.4, -0.2) is 52.2 Å². The highest BCUT2D eigenvalue weighted by Gasteiger charge is 2.77. The lowest BCUT2D eigenvalue weighted by atomic mass is 9.42.